The molecule has 104 valence electrons. The number of halogens is 1. The van der Waals surface area contributed by atoms with Crippen LogP contribution in [0.5, 0.6) is 5.75 Å². The van der Waals surface area contributed by atoms with Crippen LogP contribution in [0.3, 0.4) is 0 Å². The van der Waals surface area contributed by atoms with E-state index in [1.54, 1.807) is 7.11 Å². The van der Waals surface area contributed by atoms with E-state index in [1.807, 2.05) is 22.8 Å². The van der Waals surface area contributed by atoms with Gasteiger partial charge in [-0.2, -0.15) is 0 Å². The van der Waals surface area contributed by atoms with E-state index in [9.17, 15) is 4.79 Å². The monoisotopic (exact) mass is 335 g/mol. The zero-order chi connectivity index (χ0) is 14.1. The van der Waals surface area contributed by atoms with Crippen molar-refractivity contribution in [3.05, 3.63) is 28.4 Å². The predicted molar refractivity (Wildman–Crippen MR) is 80.4 cm³/mol. The summed E-state index contributed by atoms with van der Waals surface area (Å²) in [5, 5.41) is 3.22. The highest BCUT2D eigenvalue weighted by molar-refractivity contribution is 9.10. The topological polar surface area (TPSA) is 56.2 Å². The molecule has 1 aromatic carbocycles. The Morgan fingerprint density at radius 3 is 3.05 bits per heavy atom. The van der Waals surface area contributed by atoms with Crippen LogP contribution in [-0.2, 0) is 6.54 Å². The summed E-state index contributed by atoms with van der Waals surface area (Å²) >= 11 is 3.46. The molecule has 0 fully saturated rings. The fraction of sp³-hybridized carbons (Fsp3) is 0.286. The van der Waals surface area contributed by atoms with Crippen molar-refractivity contribution >= 4 is 28.2 Å². The number of nitrogens with zero attached hydrogens (tertiary/aromatic N) is 2. The molecular formula is C14H14BrN3O2. The van der Waals surface area contributed by atoms with Crippen molar-refractivity contribution in [2.75, 3.05) is 19.0 Å². The Balaban J connectivity index is 2.12. The molecule has 20 heavy (non-hydrogen) atoms. The number of carbonyl (C=O) groups excluding carboxylic acids is 1. The van der Waals surface area contributed by atoms with Crippen molar-refractivity contribution in [2.24, 2.45) is 0 Å². The van der Waals surface area contributed by atoms with Crippen molar-refractivity contribution in [1.29, 1.82) is 0 Å². The first-order chi connectivity index (χ1) is 9.74. The molecule has 0 bridgehead atoms. The molecule has 1 N–H and O–H groups in total. The lowest BCUT2D eigenvalue weighted by Gasteiger charge is -2.15. The number of imidazole rings is 1. The SMILES string of the molecule is COc1ccc(-c2nc3n(c2C=O)CCCN3)cc1Br. The number of rotatable bonds is 3. The van der Waals surface area contributed by atoms with E-state index in [0.717, 1.165) is 47.5 Å². The van der Waals surface area contributed by atoms with Crippen molar-refractivity contribution in [1.82, 2.24) is 9.55 Å². The minimum atomic E-state index is 0.615. The van der Waals surface area contributed by atoms with Crippen molar-refractivity contribution in [2.45, 2.75) is 13.0 Å². The Labute approximate surface area is 125 Å². The number of aromatic nitrogens is 2. The molecule has 1 aromatic heterocycles. The standard InChI is InChI=1S/C14H14BrN3O2/c1-20-12-4-3-9(7-10(12)15)13-11(8-19)18-6-2-5-16-14(18)17-13/h3-4,7-8H,2,5-6H2,1H3,(H,16,17). The molecule has 0 unspecified atom stereocenters. The molecule has 2 heterocycles. The minimum Gasteiger partial charge on any atom is -0.496 e. The fourth-order valence-electron chi connectivity index (χ4n) is 2.41. The first kappa shape index (κ1) is 13.2. The Hall–Kier alpha value is -1.82. The third kappa shape index (κ3) is 2.10. The van der Waals surface area contributed by atoms with Gasteiger partial charge in [0, 0.05) is 18.7 Å². The lowest BCUT2D eigenvalue weighted by molar-refractivity contribution is 0.111. The number of carbonyl (C=O) groups is 1. The van der Waals surface area contributed by atoms with E-state index in [-0.39, 0.29) is 0 Å². The summed E-state index contributed by atoms with van der Waals surface area (Å²) < 4.78 is 7.99. The molecule has 1 aliphatic rings. The van der Waals surface area contributed by atoms with E-state index in [4.69, 9.17) is 4.74 Å². The third-order valence-corrected chi connectivity index (χ3v) is 4.00. The zero-order valence-electron chi connectivity index (χ0n) is 11.0. The Kier molecular flexibility index (Phi) is 3.48. The van der Waals surface area contributed by atoms with Crippen LogP contribution in [0.15, 0.2) is 22.7 Å². The molecule has 3 rings (SSSR count). The quantitative estimate of drug-likeness (QED) is 0.876. The lowest BCUT2D eigenvalue weighted by atomic mass is 10.1. The molecule has 0 amide bonds. The van der Waals surface area contributed by atoms with Gasteiger partial charge in [-0.15, -0.1) is 0 Å². The van der Waals surface area contributed by atoms with Crippen molar-refractivity contribution in [3.63, 3.8) is 0 Å². The molecule has 1 aliphatic heterocycles. The van der Waals surface area contributed by atoms with E-state index in [1.165, 1.54) is 0 Å². The maximum absolute atomic E-state index is 11.4. The smallest absolute Gasteiger partial charge is 0.203 e. The summed E-state index contributed by atoms with van der Waals surface area (Å²) in [6, 6.07) is 5.69. The first-order valence-corrected chi connectivity index (χ1v) is 7.17. The maximum Gasteiger partial charge on any atom is 0.203 e. The first-order valence-electron chi connectivity index (χ1n) is 6.38. The molecule has 0 spiro atoms. The van der Waals surface area contributed by atoms with Gasteiger partial charge in [0.25, 0.3) is 0 Å². The molecule has 6 heteroatoms. The van der Waals surface area contributed by atoms with Crippen LogP contribution >= 0.6 is 15.9 Å². The number of methoxy groups -OCH3 is 1. The predicted octanol–water partition coefficient (Wildman–Crippen LogP) is 2.95. The highest BCUT2D eigenvalue weighted by Gasteiger charge is 2.20. The highest BCUT2D eigenvalue weighted by atomic mass is 79.9. The second-order valence-corrected chi connectivity index (χ2v) is 5.42. The van der Waals surface area contributed by atoms with Crippen LogP contribution in [0.4, 0.5) is 5.95 Å². The highest BCUT2D eigenvalue weighted by Crippen LogP contribution is 2.33. The number of ether oxygens (including phenoxy) is 1. The number of aldehydes is 1. The molecule has 0 radical (unpaired) electrons. The number of anilines is 1. The average Bonchev–Trinajstić information content (AvgIpc) is 2.85. The number of hydrogen-bond acceptors (Lipinski definition) is 4. The van der Waals surface area contributed by atoms with Crippen LogP contribution in [-0.4, -0.2) is 29.5 Å². The van der Waals surface area contributed by atoms with Crippen LogP contribution in [0.2, 0.25) is 0 Å². The van der Waals surface area contributed by atoms with Gasteiger partial charge in [-0.25, -0.2) is 4.98 Å². The molecule has 0 saturated carbocycles. The van der Waals surface area contributed by atoms with E-state index < -0.39 is 0 Å². The Bertz CT molecular complexity index is 667. The summed E-state index contributed by atoms with van der Waals surface area (Å²) in [6.07, 6.45) is 1.87. The Morgan fingerprint density at radius 2 is 2.35 bits per heavy atom. The molecule has 0 atom stereocenters. The fourth-order valence-corrected chi connectivity index (χ4v) is 2.95. The second kappa shape index (κ2) is 5.28. The van der Waals surface area contributed by atoms with Crippen LogP contribution in [0.25, 0.3) is 11.3 Å². The van der Waals surface area contributed by atoms with Crippen LogP contribution in [0, 0.1) is 0 Å². The van der Waals surface area contributed by atoms with E-state index >= 15 is 0 Å². The summed E-state index contributed by atoms with van der Waals surface area (Å²) in [5.74, 6) is 1.52. The second-order valence-electron chi connectivity index (χ2n) is 4.57. The van der Waals surface area contributed by atoms with Gasteiger partial charge in [0.05, 0.1) is 11.6 Å². The van der Waals surface area contributed by atoms with Crippen LogP contribution < -0.4 is 10.1 Å². The summed E-state index contributed by atoms with van der Waals surface area (Å²) in [5.41, 5.74) is 2.21. The van der Waals surface area contributed by atoms with Crippen molar-refractivity contribution < 1.29 is 9.53 Å². The van der Waals surface area contributed by atoms with E-state index in [0.29, 0.717) is 11.4 Å². The van der Waals surface area contributed by atoms with Gasteiger partial charge in [-0.1, -0.05) is 0 Å². The van der Waals surface area contributed by atoms with Gasteiger partial charge < -0.3 is 14.6 Å². The molecule has 2 aromatic rings. The minimum absolute atomic E-state index is 0.615. The lowest BCUT2D eigenvalue weighted by Crippen LogP contribution is -2.18. The van der Waals surface area contributed by atoms with Gasteiger partial charge in [0.1, 0.15) is 17.1 Å². The van der Waals surface area contributed by atoms with Gasteiger partial charge >= 0.3 is 0 Å². The molecular weight excluding hydrogens is 322 g/mol. The molecule has 0 aliphatic carbocycles. The summed E-state index contributed by atoms with van der Waals surface area (Å²) in [6.45, 7) is 1.71. The number of benzene rings is 1. The summed E-state index contributed by atoms with van der Waals surface area (Å²) in [7, 11) is 1.62. The van der Waals surface area contributed by atoms with Crippen molar-refractivity contribution in [3.8, 4) is 17.0 Å². The number of hydrogen-bond donors (Lipinski definition) is 1. The third-order valence-electron chi connectivity index (χ3n) is 3.39. The molecule has 0 saturated heterocycles. The number of nitrogens with one attached hydrogen (secondary N) is 1. The normalized spacial score (nSPS) is 13.5. The summed E-state index contributed by atoms with van der Waals surface area (Å²) in [4.78, 5) is 16.0. The van der Waals surface area contributed by atoms with Gasteiger partial charge in [-0.05, 0) is 40.5 Å². The molecule has 5 nitrogen and oxygen atoms in total. The Morgan fingerprint density at radius 1 is 1.50 bits per heavy atom. The average molecular weight is 336 g/mol. The van der Waals surface area contributed by atoms with Gasteiger partial charge in [-0.3, -0.25) is 4.79 Å². The number of fused-ring (bicyclic) bond motifs is 1. The van der Waals surface area contributed by atoms with E-state index in [2.05, 4.69) is 26.2 Å². The van der Waals surface area contributed by atoms with Crippen LogP contribution in [0.1, 0.15) is 16.9 Å². The van der Waals surface area contributed by atoms with Gasteiger partial charge in [0.2, 0.25) is 5.95 Å². The largest absolute Gasteiger partial charge is 0.496 e. The maximum atomic E-state index is 11.4. The van der Waals surface area contributed by atoms with Gasteiger partial charge in [0.15, 0.2) is 6.29 Å². The zero-order valence-corrected chi connectivity index (χ0v) is 12.6.